The lowest BCUT2D eigenvalue weighted by atomic mass is 10.2. The van der Waals surface area contributed by atoms with Gasteiger partial charge in [-0.2, -0.15) is 0 Å². The number of nitrogens with one attached hydrogen (secondary N) is 1. The van der Waals surface area contributed by atoms with Crippen LogP contribution in [0.1, 0.15) is 0 Å². The second kappa shape index (κ2) is 3.14. The van der Waals surface area contributed by atoms with Crippen molar-refractivity contribution in [3.8, 4) is 11.3 Å². The Hall–Kier alpha value is -1.42. The number of hydrogen-bond acceptors (Lipinski definition) is 2. The fourth-order valence-electron chi connectivity index (χ4n) is 1.08. The molecule has 0 aliphatic rings. The molecule has 2 aromatic rings. The molecule has 0 atom stereocenters. The molecule has 1 aromatic heterocycles. The number of halogens is 1. The van der Waals surface area contributed by atoms with Crippen molar-refractivity contribution in [2.75, 3.05) is 0 Å². The molecule has 0 saturated heterocycles. The van der Waals surface area contributed by atoms with Crippen LogP contribution in [0.5, 0.6) is 0 Å². The first kappa shape index (κ1) is 8.19. The minimum absolute atomic E-state index is 0.248. The summed E-state index contributed by atoms with van der Waals surface area (Å²) in [5, 5.41) is 0. The summed E-state index contributed by atoms with van der Waals surface area (Å²) in [6.07, 6.45) is 1.54. The Bertz CT molecular complexity index is 474. The lowest BCUT2D eigenvalue weighted by molar-refractivity contribution is 0.546. The number of hydrogen-bond donors (Lipinski definition) is 1. The molecule has 2 rings (SSSR count). The van der Waals surface area contributed by atoms with Crippen LogP contribution in [0, 0.1) is 10.7 Å². The molecule has 0 amide bonds. The molecular formula is C9H6FNOS. The molecule has 0 bridgehead atoms. The van der Waals surface area contributed by atoms with Gasteiger partial charge in [0.2, 0.25) is 0 Å². The number of benzene rings is 1. The molecule has 1 heterocycles. The van der Waals surface area contributed by atoms with Gasteiger partial charge in [0.1, 0.15) is 5.82 Å². The standard InChI is InChI=1S/C9H6FNOS/c10-7-4-2-1-3-6(7)8-5-11-9(13)12-8/h1-5H,(H,11,13). The Kier molecular flexibility index (Phi) is 1.98. The van der Waals surface area contributed by atoms with E-state index in [1.165, 1.54) is 6.07 Å². The molecule has 13 heavy (non-hydrogen) atoms. The van der Waals surface area contributed by atoms with Gasteiger partial charge >= 0.3 is 0 Å². The molecule has 0 fully saturated rings. The molecule has 0 unspecified atom stereocenters. The topological polar surface area (TPSA) is 28.9 Å². The lowest BCUT2D eigenvalue weighted by Crippen LogP contribution is -1.79. The highest BCUT2D eigenvalue weighted by molar-refractivity contribution is 7.71. The quantitative estimate of drug-likeness (QED) is 0.708. The van der Waals surface area contributed by atoms with E-state index in [0.717, 1.165) is 0 Å². The van der Waals surface area contributed by atoms with E-state index in [-0.39, 0.29) is 10.7 Å². The first-order chi connectivity index (χ1) is 6.27. The van der Waals surface area contributed by atoms with Crippen molar-refractivity contribution < 1.29 is 8.81 Å². The van der Waals surface area contributed by atoms with Crippen LogP contribution in [0.2, 0.25) is 0 Å². The van der Waals surface area contributed by atoms with E-state index in [1.807, 2.05) is 0 Å². The smallest absolute Gasteiger partial charge is 0.266 e. The normalized spacial score (nSPS) is 10.2. The predicted octanol–water partition coefficient (Wildman–Crippen LogP) is 3.14. The van der Waals surface area contributed by atoms with Crippen LogP contribution in [0.3, 0.4) is 0 Å². The molecular weight excluding hydrogens is 189 g/mol. The largest absolute Gasteiger partial charge is 0.429 e. The third kappa shape index (κ3) is 1.53. The average Bonchev–Trinajstić information content (AvgIpc) is 2.53. The number of rotatable bonds is 1. The van der Waals surface area contributed by atoms with E-state index in [2.05, 4.69) is 4.98 Å². The first-order valence-electron chi connectivity index (χ1n) is 3.71. The van der Waals surface area contributed by atoms with Crippen LogP contribution in [-0.2, 0) is 0 Å². The summed E-state index contributed by atoms with van der Waals surface area (Å²) in [6, 6.07) is 6.38. The van der Waals surface area contributed by atoms with E-state index in [9.17, 15) is 4.39 Å². The first-order valence-corrected chi connectivity index (χ1v) is 4.11. The van der Waals surface area contributed by atoms with Gasteiger partial charge < -0.3 is 9.40 Å². The van der Waals surface area contributed by atoms with Crippen molar-refractivity contribution in [2.45, 2.75) is 0 Å². The Morgan fingerprint density at radius 1 is 1.31 bits per heavy atom. The van der Waals surface area contributed by atoms with Crippen LogP contribution in [-0.4, -0.2) is 4.98 Å². The van der Waals surface area contributed by atoms with E-state index >= 15 is 0 Å². The average molecular weight is 195 g/mol. The third-order valence-corrected chi connectivity index (χ3v) is 1.86. The van der Waals surface area contributed by atoms with Crippen LogP contribution < -0.4 is 0 Å². The lowest BCUT2D eigenvalue weighted by Gasteiger charge is -1.95. The van der Waals surface area contributed by atoms with Gasteiger partial charge in [0.05, 0.1) is 5.56 Å². The van der Waals surface area contributed by atoms with Crippen molar-refractivity contribution in [2.24, 2.45) is 0 Å². The van der Waals surface area contributed by atoms with Crippen molar-refractivity contribution >= 4 is 12.2 Å². The summed E-state index contributed by atoms with van der Waals surface area (Å²) in [5.74, 6) is 0.100. The molecule has 1 aromatic carbocycles. The summed E-state index contributed by atoms with van der Waals surface area (Å²) in [4.78, 5) is 2.92. The maximum absolute atomic E-state index is 13.2. The minimum atomic E-state index is -0.319. The maximum atomic E-state index is 13.2. The van der Waals surface area contributed by atoms with Gasteiger partial charge in [-0.05, 0) is 24.4 Å². The van der Waals surface area contributed by atoms with E-state index in [1.54, 1.807) is 24.4 Å². The van der Waals surface area contributed by atoms with Crippen LogP contribution in [0.25, 0.3) is 11.3 Å². The van der Waals surface area contributed by atoms with Crippen LogP contribution in [0.15, 0.2) is 34.9 Å². The zero-order valence-electron chi connectivity index (χ0n) is 6.58. The second-order valence-electron chi connectivity index (χ2n) is 2.52. The summed E-state index contributed by atoms with van der Waals surface area (Å²) >= 11 is 4.73. The van der Waals surface area contributed by atoms with Gasteiger partial charge in [-0.3, -0.25) is 0 Å². The monoisotopic (exact) mass is 195 g/mol. The van der Waals surface area contributed by atoms with Crippen LogP contribution >= 0.6 is 12.2 Å². The predicted molar refractivity (Wildman–Crippen MR) is 49.3 cm³/mol. The highest BCUT2D eigenvalue weighted by Crippen LogP contribution is 2.21. The number of oxazole rings is 1. The molecule has 2 nitrogen and oxygen atoms in total. The van der Waals surface area contributed by atoms with Crippen molar-refractivity contribution in [1.82, 2.24) is 4.98 Å². The van der Waals surface area contributed by atoms with Gasteiger partial charge in [0, 0.05) is 6.20 Å². The summed E-state index contributed by atoms with van der Waals surface area (Å²) in [5.41, 5.74) is 0.412. The van der Waals surface area contributed by atoms with Crippen LogP contribution in [0.4, 0.5) is 4.39 Å². The van der Waals surface area contributed by atoms with Crippen molar-refractivity contribution in [3.05, 3.63) is 41.1 Å². The number of aromatic amines is 1. The summed E-state index contributed by atoms with van der Waals surface area (Å²) in [7, 11) is 0. The Morgan fingerprint density at radius 2 is 2.08 bits per heavy atom. The van der Waals surface area contributed by atoms with E-state index < -0.39 is 0 Å². The van der Waals surface area contributed by atoms with Crippen molar-refractivity contribution in [3.63, 3.8) is 0 Å². The van der Waals surface area contributed by atoms with Gasteiger partial charge in [-0.15, -0.1) is 0 Å². The third-order valence-electron chi connectivity index (χ3n) is 1.66. The highest BCUT2D eigenvalue weighted by Gasteiger charge is 2.06. The fourth-order valence-corrected chi connectivity index (χ4v) is 1.23. The van der Waals surface area contributed by atoms with E-state index in [0.29, 0.717) is 11.3 Å². The van der Waals surface area contributed by atoms with Gasteiger partial charge in [-0.25, -0.2) is 4.39 Å². The number of aromatic nitrogens is 1. The van der Waals surface area contributed by atoms with E-state index in [4.69, 9.17) is 16.6 Å². The molecule has 0 spiro atoms. The number of H-pyrrole nitrogens is 1. The Balaban J connectivity index is 2.58. The zero-order chi connectivity index (χ0) is 9.26. The van der Waals surface area contributed by atoms with Gasteiger partial charge in [0.25, 0.3) is 4.84 Å². The Morgan fingerprint density at radius 3 is 2.69 bits per heavy atom. The summed E-state index contributed by atoms with van der Waals surface area (Å²) < 4.78 is 18.2. The molecule has 0 saturated carbocycles. The maximum Gasteiger partial charge on any atom is 0.266 e. The summed E-state index contributed by atoms with van der Waals surface area (Å²) in [6.45, 7) is 0. The molecule has 0 aliphatic carbocycles. The van der Waals surface area contributed by atoms with Crippen molar-refractivity contribution in [1.29, 1.82) is 0 Å². The van der Waals surface area contributed by atoms with Gasteiger partial charge in [0.15, 0.2) is 5.76 Å². The van der Waals surface area contributed by atoms with Gasteiger partial charge in [-0.1, -0.05) is 12.1 Å². The molecule has 4 heteroatoms. The fraction of sp³-hybridized carbons (Fsp3) is 0. The second-order valence-corrected chi connectivity index (χ2v) is 2.89. The SMILES string of the molecule is Fc1ccccc1-c1c[nH]c(=S)o1. The molecule has 66 valence electrons. The molecule has 0 aliphatic heterocycles. The minimum Gasteiger partial charge on any atom is -0.429 e. The Labute approximate surface area is 79.0 Å². The zero-order valence-corrected chi connectivity index (χ0v) is 7.40. The highest BCUT2D eigenvalue weighted by atomic mass is 32.1. The molecule has 1 N–H and O–H groups in total. The molecule has 0 radical (unpaired) electrons.